The number of amides is 3. The smallest absolute Gasteiger partial charge is 0.426 e. The lowest BCUT2D eigenvalue weighted by molar-refractivity contribution is -0.127. The van der Waals surface area contributed by atoms with Gasteiger partial charge >= 0.3 is 13.1 Å². The number of nitrogens with one attached hydrogen (secondary N) is 2. The van der Waals surface area contributed by atoms with Crippen LogP contribution in [0.3, 0.4) is 0 Å². The van der Waals surface area contributed by atoms with Crippen LogP contribution in [0.4, 0.5) is 4.79 Å². The summed E-state index contributed by atoms with van der Waals surface area (Å²) < 4.78 is 0. The summed E-state index contributed by atoms with van der Waals surface area (Å²) in [4.78, 5) is 25.8. The number of urea groups is 1. The fourth-order valence-electron chi connectivity index (χ4n) is 3.01. The van der Waals surface area contributed by atoms with Gasteiger partial charge in [-0.25, -0.2) is 4.79 Å². The number of nitrogens with zero attached hydrogens (tertiary/aromatic N) is 2. The monoisotopic (exact) mass is 370 g/mol. The molecule has 9 heteroatoms. The quantitative estimate of drug-likeness (QED) is 0.318. The Labute approximate surface area is 158 Å². The van der Waals surface area contributed by atoms with Crippen LogP contribution in [0.15, 0.2) is 42.5 Å². The molecule has 3 amide bonds. The molecule has 142 valence electrons. The summed E-state index contributed by atoms with van der Waals surface area (Å²) in [6.45, 7) is 4.21. The van der Waals surface area contributed by atoms with E-state index in [0.717, 1.165) is 5.56 Å². The molecule has 1 fully saturated rings. The molecular formula is C18H23BN4O4. The topological polar surface area (TPSA) is 126 Å². The molecule has 1 aromatic rings. The SMILES string of the molecule is C=C(C#N)C(=O)N1CCC[C@H](NC(=O)N[C@@H](Cc2ccccc2)B(O)O)C1. The zero-order valence-corrected chi connectivity index (χ0v) is 15.0. The molecule has 1 aliphatic rings. The number of benzene rings is 1. The van der Waals surface area contributed by atoms with Crippen LogP contribution in [0.25, 0.3) is 0 Å². The van der Waals surface area contributed by atoms with E-state index in [9.17, 15) is 19.6 Å². The van der Waals surface area contributed by atoms with Crippen molar-refractivity contribution < 1.29 is 19.6 Å². The average Bonchev–Trinajstić information content (AvgIpc) is 2.67. The van der Waals surface area contributed by atoms with Crippen molar-refractivity contribution in [3.8, 4) is 6.07 Å². The van der Waals surface area contributed by atoms with E-state index < -0.39 is 25.0 Å². The van der Waals surface area contributed by atoms with Crippen LogP contribution in [0.2, 0.25) is 0 Å². The molecule has 0 unspecified atom stereocenters. The van der Waals surface area contributed by atoms with Crippen LogP contribution in [0.1, 0.15) is 18.4 Å². The molecule has 1 aromatic carbocycles. The predicted octanol–water partition coefficient (Wildman–Crippen LogP) is -0.0203. The van der Waals surface area contributed by atoms with Gasteiger partial charge in [-0.3, -0.25) is 4.79 Å². The molecule has 0 saturated carbocycles. The predicted molar refractivity (Wildman–Crippen MR) is 100 cm³/mol. The molecule has 2 atom stereocenters. The second-order valence-electron chi connectivity index (χ2n) is 6.51. The molecule has 27 heavy (non-hydrogen) atoms. The zero-order chi connectivity index (χ0) is 19.8. The number of carbonyl (C=O) groups is 2. The van der Waals surface area contributed by atoms with Crippen molar-refractivity contribution in [1.29, 1.82) is 5.26 Å². The van der Waals surface area contributed by atoms with Crippen LogP contribution in [0.5, 0.6) is 0 Å². The first-order valence-electron chi connectivity index (χ1n) is 8.76. The van der Waals surface area contributed by atoms with Crippen molar-refractivity contribution in [3.63, 3.8) is 0 Å². The van der Waals surface area contributed by atoms with Gasteiger partial charge in [-0.15, -0.1) is 0 Å². The van der Waals surface area contributed by atoms with Gasteiger partial charge in [-0.2, -0.15) is 5.26 Å². The molecule has 4 N–H and O–H groups in total. The molecule has 2 rings (SSSR count). The standard InChI is InChI=1S/C18H23BN4O4/c1-13(11-20)17(24)23-9-5-8-15(12-23)21-18(25)22-16(19(26)27)10-14-6-3-2-4-7-14/h2-4,6-7,15-16,26-27H,1,5,8-10,12H2,(H2,21,22,25)/t15-,16-/m0/s1. The minimum absolute atomic E-state index is 0.133. The van der Waals surface area contributed by atoms with Crippen molar-refractivity contribution in [1.82, 2.24) is 15.5 Å². The number of hydrogen-bond acceptors (Lipinski definition) is 5. The van der Waals surface area contributed by atoms with E-state index in [4.69, 9.17) is 5.26 Å². The molecule has 1 saturated heterocycles. The van der Waals surface area contributed by atoms with Gasteiger partial charge in [0, 0.05) is 19.1 Å². The van der Waals surface area contributed by atoms with E-state index in [1.807, 2.05) is 30.3 Å². The van der Waals surface area contributed by atoms with Crippen LogP contribution in [-0.4, -0.2) is 59.1 Å². The molecule has 0 spiro atoms. The first-order chi connectivity index (χ1) is 12.9. The molecule has 1 aliphatic heterocycles. The van der Waals surface area contributed by atoms with Gasteiger partial charge in [0.25, 0.3) is 5.91 Å². The highest BCUT2D eigenvalue weighted by Crippen LogP contribution is 2.12. The van der Waals surface area contributed by atoms with Gasteiger partial charge in [0.2, 0.25) is 0 Å². The van der Waals surface area contributed by atoms with E-state index in [1.165, 1.54) is 4.90 Å². The first kappa shape index (κ1) is 20.5. The van der Waals surface area contributed by atoms with E-state index >= 15 is 0 Å². The minimum Gasteiger partial charge on any atom is -0.426 e. The third-order valence-corrected chi connectivity index (χ3v) is 4.41. The Balaban J connectivity index is 1.90. The Morgan fingerprint density at radius 2 is 2.07 bits per heavy atom. The number of rotatable bonds is 6. The number of carbonyl (C=O) groups excluding carboxylic acids is 2. The summed E-state index contributed by atoms with van der Waals surface area (Å²) in [7, 11) is -1.71. The van der Waals surface area contributed by atoms with Gasteiger partial charge in [0.05, 0.1) is 5.94 Å². The Bertz CT molecular complexity index is 720. The second-order valence-corrected chi connectivity index (χ2v) is 6.51. The van der Waals surface area contributed by atoms with Gasteiger partial charge < -0.3 is 25.6 Å². The van der Waals surface area contributed by atoms with Crippen molar-refractivity contribution in [3.05, 3.63) is 48.0 Å². The molecule has 0 bridgehead atoms. The van der Waals surface area contributed by atoms with Gasteiger partial charge in [0.1, 0.15) is 11.6 Å². The first-order valence-corrected chi connectivity index (χ1v) is 8.76. The highest BCUT2D eigenvalue weighted by Gasteiger charge is 2.29. The Morgan fingerprint density at radius 1 is 1.37 bits per heavy atom. The fourth-order valence-corrected chi connectivity index (χ4v) is 3.01. The molecule has 0 aromatic heterocycles. The summed E-state index contributed by atoms with van der Waals surface area (Å²) in [5.41, 5.74) is 0.729. The largest absolute Gasteiger partial charge is 0.475 e. The lowest BCUT2D eigenvalue weighted by Gasteiger charge is -2.33. The lowest BCUT2D eigenvalue weighted by Crippen LogP contribution is -2.56. The van der Waals surface area contributed by atoms with E-state index in [2.05, 4.69) is 17.2 Å². The summed E-state index contributed by atoms with van der Waals surface area (Å²) in [5, 5.41) is 33.2. The maximum absolute atomic E-state index is 12.3. The van der Waals surface area contributed by atoms with Gasteiger partial charge in [0.15, 0.2) is 0 Å². The van der Waals surface area contributed by atoms with Crippen molar-refractivity contribution >= 4 is 19.1 Å². The summed E-state index contributed by atoms with van der Waals surface area (Å²) in [5.74, 6) is -1.30. The molecule has 0 aliphatic carbocycles. The third-order valence-electron chi connectivity index (χ3n) is 4.41. The normalized spacial score (nSPS) is 17.4. The van der Waals surface area contributed by atoms with Gasteiger partial charge in [-0.05, 0) is 24.8 Å². The molecular weight excluding hydrogens is 347 g/mol. The van der Waals surface area contributed by atoms with E-state index in [0.29, 0.717) is 19.4 Å². The third kappa shape index (κ3) is 6.13. The number of likely N-dealkylation sites (tertiary alicyclic amines) is 1. The zero-order valence-electron chi connectivity index (χ0n) is 15.0. The summed E-state index contributed by atoms with van der Waals surface area (Å²) in [6.07, 6.45) is 1.63. The van der Waals surface area contributed by atoms with Crippen LogP contribution in [0, 0.1) is 11.3 Å². The van der Waals surface area contributed by atoms with Gasteiger partial charge in [-0.1, -0.05) is 36.9 Å². The van der Waals surface area contributed by atoms with Crippen LogP contribution >= 0.6 is 0 Å². The number of hydrogen-bond donors (Lipinski definition) is 4. The minimum atomic E-state index is -1.71. The number of nitriles is 1. The highest BCUT2D eigenvalue weighted by atomic mass is 16.4. The Hall–Kier alpha value is -2.83. The molecule has 8 nitrogen and oxygen atoms in total. The van der Waals surface area contributed by atoms with Crippen LogP contribution in [-0.2, 0) is 11.2 Å². The molecule has 1 heterocycles. The van der Waals surface area contributed by atoms with Crippen molar-refractivity contribution in [2.24, 2.45) is 0 Å². The maximum Gasteiger partial charge on any atom is 0.475 e. The Kier molecular flexibility index (Phi) is 7.40. The van der Waals surface area contributed by atoms with Crippen LogP contribution < -0.4 is 10.6 Å². The van der Waals surface area contributed by atoms with E-state index in [1.54, 1.807) is 6.07 Å². The summed E-state index contributed by atoms with van der Waals surface area (Å²) >= 11 is 0. The fraction of sp³-hybridized carbons (Fsp3) is 0.389. The van der Waals surface area contributed by atoms with Crippen molar-refractivity contribution in [2.45, 2.75) is 31.2 Å². The number of piperidine rings is 1. The highest BCUT2D eigenvalue weighted by molar-refractivity contribution is 6.43. The van der Waals surface area contributed by atoms with E-state index in [-0.39, 0.29) is 24.6 Å². The summed E-state index contributed by atoms with van der Waals surface area (Å²) in [6, 6.07) is 10.1. The average molecular weight is 370 g/mol. The molecule has 0 radical (unpaired) electrons. The van der Waals surface area contributed by atoms with Crippen molar-refractivity contribution in [2.75, 3.05) is 13.1 Å². The lowest BCUT2D eigenvalue weighted by atomic mass is 9.76. The maximum atomic E-state index is 12.3. The second kappa shape index (κ2) is 9.76. The Morgan fingerprint density at radius 3 is 2.70 bits per heavy atom.